The predicted octanol–water partition coefficient (Wildman–Crippen LogP) is 2.20. The third-order valence-corrected chi connectivity index (χ3v) is 4.42. The molecule has 4 nitrogen and oxygen atoms in total. The first kappa shape index (κ1) is 11.4. The summed E-state index contributed by atoms with van der Waals surface area (Å²) in [6.07, 6.45) is 2.97. The maximum Gasteiger partial charge on any atom is 0.323 e. The van der Waals surface area contributed by atoms with Crippen LogP contribution in [0.1, 0.15) is 40.0 Å². The summed E-state index contributed by atoms with van der Waals surface area (Å²) in [7, 11) is 0. The molecule has 1 aliphatic carbocycles. The highest BCUT2D eigenvalue weighted by molar-refractivity contribution is 6.08. The molecule has 2 amide bonds. The van der Waals surface area contributed by atoms with Gasteiger partial charge in [0.15, 0.2) is 0 Å². The average Bonchev–Trinajstić information content (AvgIpc) is 2.45. The molecule has 2 rings (SSSR count). The number of hydrogen-bond donors (Lipinski definition) is 2. The number of likely N-dealkylation sites (N-methyl/N-ethyl adjacent to an activating group) is 1. The van der Waals surface area contributed by atoms with Gasteiger partial charge in [0.25, 0.3) is 0 Å². The van der Waals surface area contributed by atoms with Crippen molar-refractivity contribution in [2.75, 3.05) is 6.54 Å². The van der Waals surface area contributed by atoms with Gasteiger partial charge in [-0.1, -0.05) is 13.8 Å². The smallest absolute Gasteiger partial charge is 0.312 e. The minimum absolute atomic E-state index is 0.0887. The number of carbonyl (C=O) groups excluding carboxylic acids is 1. The summed E-state index contributed by atoms with van der Waals surface area (Å²) >= 11 is 0. The van der Waals surface area contributed by atoms with Crippen LogP contribution in [0.4, 0.5) is 4.79 Å². The van der Waals surface area contributed by atoms with Gasteiger partial charge in [0.2, 0.25) is 0 Å². The van der Waals surface area contributed by atoms with E-state index in [0.717, 1.165) is 19.3 Å². The van der Waals surface area contributed by atoms with Crippen molar-refractivity contribution in [3.05, 3.63) is 0 Å². The molecule has 90 valence electrons. The Hall–Kier alpha value is -1.06. The Morgan fingerprint density at radius 2 is 2.19 bits per heavy atom. The molecule has 1 spiro atoms. The van der Waals surface area contributed by atoms with Crippen molar-refractivity contribution in [2.45, 2.75) is 45.6 Å². The van der Waals surface area contributed by atoms with E-state index in [4.69, 9.17) is 5.41 Å². The Labute approximate surface area is 96.9 Å². The Morgan fingerprint density at radius 1 is 1.50 bits per heavy atom. The Bertz CT molecular complexity index is 328. The standard InChI is InChI=1S/C12H21N3O/c1-4-15-11(16)14-10(13)12(15)6-5-8(2)9(3)7-12/h8-9H,4-7H2,1-3H3,(H2,13,14,16). The van der Waals surface area contributed by atoms with Crippen LogP contribution in [0.25, 0.3) is 0 Å². The van der Waals surface area contributed by atoms with E-state index < -0.39 is 0 Å². The number of amidine groups is 1. The molecular weight excluding hydrogens is 202 g/mol. The summed E-state index contributed by atoms with van der Waals surface area (Å²) in [5.74, 6) is 1.70. The number of hydrogen-bond acceptors (Lipinski definition) is 2. The summed E-state index contributed by atoms with van der Waals surface area (Å²) in [5, 5.41) is 10.7. The molecule has 1 heterocycles. The molecule has 0 bridgehead atoms. The molecular formula is C12H21N3O. The van der Waals surface area contributed by atoms with Gasteiger partial charge in [-0.15, -0.1) is 0 Å². The zero-order valence-electron chi connectivity index (χ0n) is 10.3. The normalized spacial score (nSPS) is 39.3. The highest BCUT2D eigenvalue weighted by Crippen LogP contribution is 2.42. The van der Waals surface area contributed by atoms with E-state index in [2.05, 4.69) is 19.2 Å². The zero-order chi connectivity index (χ0) is 11.9. The van der Waals surface area contributed by atoms with Gasteiger partial charge in [-0.2, -0.15) is 0 Å². The number of amides is 2. The summed E-state index contributed by atoms with van der Waals surface area (Å²) in [5.41, 5.74) is -0.322. The first-order chi connectivity index (χ1) is 7.51. The van der Waals surface area contributed by atoms with Crippen molar-refractivity contribution in [1.29, 1.82) is 5.41 Å². The van der Waals surface area contributed by atoms with Crippen molar-refractivity contribution in [2.24, 2.45) is 11.8 Å². The van der Waals surface area contributed by atoms with Gasteiger partial charge in [0, 0.05) is 6.54 Å². The Balaban J connectivity index is 2.29. The third-order valence-electron chi connectivity index (χ3n) is 4.42. The molecule has 3 atom stereocenters. The Kier molecular flexibility index (Phi) is 2.68. The van der Waals surface area contributed by atoms with Crippen LogP contribution >= 0.6 is 0 Å². The summed E-state index contributed by atoms with van der Waals surface area (Å²) in [6.45, 7) is 7.18. The third kappa shape index (κ3) is 1.43. The van der Waals surface area contributed by atoms with E-state index in [-0.39, 0.29) is 11.6 Å². The topological polar surface area (TPSA) is 56.2 Å². The van der Waals surface area contributed by atoms with Gasteiger partial charge in [-0.05, 0) is 38.0 Å². The van der Waals surface area contributed by atoms with Crippen LogP contribution in [0.5, 0.6) is 0 Å². The molecule has 1 saturated heterocycles. The van der Waals surface area contributed by atoms with Crippen LogP contribution in [-0.4, -0.2) is 28.9 Å². The quantitative estimate of drug-likeness (QED) is 0.703. The van der Waals surface area contributed by atoms with E-state index in [0.29, 0.717) is 24.2 Å². The predicted molar refractivity (Wildman–Crippen MR) is 63.5 cm³/mol. The number of carbonyl (C=O) groups is 1. The SMILES string of the molecule is CCN1C(=O)NC(=N)C12CCC(C)C(C)C2. The first-order valence-electron chi connectivity index (χ1n) is 6.19. The molecule has 0 radical (unpaired) electrons. The van der Waals surface area contributed by atoms with E-state index >= 15 is 0 Å². The zero-order valence-corrected chi connectivity index (χ0v) is 10.3. The minimum atomic E-state index is -0.322. The molecule has 1 saturated carbocycles. The lowest BCUT2D eigenvalue weighted by Crippen LogP contribution is -2.53. The monoisotopic (exact) mass is 223 g/mol. The van der Waals surface area contributed by atoms with Crippen LogP contribution in [0.15, 0.2) is 0 Å². The molecule has 2 N–H and O–H groups in total. The molecule has 1 aliphatic heterocycles. The lowest BCUT2D eigenvalue weighted by molar-refractivity contribution is 0.107. The van der Waals surface area contributed by atoms with Crippen LogP contribution in [0.2, 0.25) is 0 Å². The van der Waals surface area contributed by atoms with Crippen LogP contribution in [0, 0.1) is 17.2 Å². The second-order valence-corrected chi connectivity index (χ2v) is 5.28. The molecule has 16 heavy (non-hydrogen) atoms. The van der Waals surface area contributed by atoms with Crippen molar-refractivity contribution in [1.82, 2.24) is 10.2 Å². The fourth-order valence-electron chi connectivity index (χ4n) is 3.13. The van der Waals surface area contributed by atoms with Gasteiger partial charge in [0.05, 0.1) is 0 Å². The van der Waals surface area contributed by atoms with Gasteiger partial charge < -0.3 is 4.90 Å². The molecule has 2 fully saturated rings. The van der Waals surface area contributed by atoms with Gasteiger partial charge in [0.1, 0.15) is 11.4 Å². The van der Waals surface area contributed by atoms with Gasteiger partial charge in [-0.25, -0.2) is 4.79 Å². The number of rotatable bonds is 1. The minimum Gasteiger partial charge on any atom is -0.312 e. The fraction of sp³-hybridized carbons (Fsp3) is 0.833. The Morgan fingerprint density at radius 3 is 2.75 bits per heavy atom. The van der Waals surface area contributed by atoms with Crippen molar-refractivity contribution in [3.63, 3.8) is 0 Å². The van der Waals surface area contributed by atoms with Crippen molar-refractivity contribution < 1.29 is 4.79 Å². The summed E-state index contributed by atoms with van der Waals surface area (Å²) < 4.78 is 0. The van der Waals surface area contributed by atoms with Crippen LogP contribution < -0.4 is 5.32 Å². The molecule has 3 unspecified atom stereocenters. The second kappa shape index (κ2) is 3.75. The lowest BCUT2D eigenvalue weighted by Gasteiger charge is -2.44. The highest BCUT2D eigenvalue weighted by atomic mass is 16.2. The van der Waals surface area contributed by atoms with Crippen molar-refractivity contribution in [3.8, 4) is 0 Å². The average molecular weight is 223 g/mol. The molecule has 2 aliphatic rings. The van der Waals surface area contributed by atoms with E-state index in [1.165, 1.54) is 0 Å². The lowest BCUT2D eigenvalue weighted by atomic mass is 9.70. The first-order valence-corrected chi connectivity index (χ1v) is 6.19. The number of nitrogens with one attached hydrogen (secondary N) is 2. The number of nitrogens with zero attached hydrogens (tertiary/aromatic N) is 1. The second-order valence-electron chi connectivity index (χ2n) is 5.28. The molecule has 0 aromatic heterocycles. The maximum absolute atomic E-state index is 11.8. The number of urea groups is 1. The van der Waals surface area contributed by atoms with Crippen molar-refractivity contribution >= 4 is 11.9 Å². The summed E-state index contributed by atoms with van der Waals surface area (Å²) in [6, 6.07) is -0.0887. The molecule has 4 heteroatoms. The van der Waals surface area contributed by atoms with E-state index in [1.54, 1.807) is 0 Å². The van der Waals surface area contributed by atoms with Crippen LogP contribution in [0.3, 0.4) is 0 Å². The summed E-state index contributed by atoms with van der Waals surface area (Å²) in [4.78, 5) is 13.6. The van der Waals surface area contributed by atoms with Crippen LogP contribution in [-0.2, 0) is 0 Å². The maximum atomic E-state index is 11.8. The van der Waals surface area contributed by atoms with Gasteiger partial charge in [-0.3, -0.25) is 10.7 Å². The molecule has 0 aromatic carbocycles. The fourth-order valence-corrected chi connectivity index (χ4v) is 3.13. The van der Waals surface area contributed by atoms with Gasteiger partial charge >= 0.3 is 6.03 Å². The van der Waals surface area contributed by atoms with E-state index in [1.807, 2.05) is 11.8 Å². The highest BCUT2D eigenvalue weighted by Gasteiger charge is 2.52. The molecule has 0 aromatic rings. The largest absolute Gasteiger partial charge is 0.323 e. The van der Waals surface area contributed by atoms with E-state index in [9.17, 15) is 4.79 Å².